The minimum absolute atomic E-state index is 0.339. The van der Waals surface area contributed by atoms with E-state index < -0.39 is 16.9 Å². The van der Waals surface area contributed by atoms with Crippen molar-refractivity contribution in [2.24, 2.45) is 12.5 Å². The number of carboxylic acids is 1. The van der Waals surface area contributed by atoms with Gasteiger partial charge in [0.25, 0.3) is 5.91 Å². The minimum Gasteiger partial charge on any atom is -0.481 e. The molecule has 100 valence electrons. The summed E-state index contributed by atoms with van der Waals surface area (Å²) in [6.45, 7) is 6.54. The molecule has 18 heavy (non-hydrogen) atoms. The Morgan fingerprint density at radius 1 is 1.33 bits per heavy atom. The molecule has 0 radical (unpaired) electrons. The summed E-state index contributed by atoms with van der Waals surface area (Å²) >= 11 is 0. The number of carbonyl (C=O) groups is 2. The number of rotatable bonds is 4. The van der Waals surface area contributed by atoms with Crippen LogP contribution in [0.2, 0.25) is 0 Å². The second-order valence-electron chi connectivity index (χ2n) is 5.40. The van der Waals surface area contributed by atoms with Gasteiger partial charge in [-0.3, -0.25) is 9.59 Å². The van der Waals surface area contributed by atoms with Crippen molar-refractivity contribution in [2.75, 3.05) is 0 Å². The molecule has 6 heteroatoms. The average molecular weight is 253 g/mol. The van der Waals surface area contributed by atoms with Gasteiger partial charge in [0.2, 0.25) is 0 Å². The van der Waals surface area contributed by atoms with Crippen LogP contribution in [0, 0.1) is 5.41 Å². The highest BCUT2D eigenvalue weighted by Crippen LogP contribution is 2.30. The molecule has 0 aliphatic rings. The first-order valence-electron chi connectivity index (χ1n) is 5.62. The van der Waals surface area contributed by atoms with E-state index in [9.17, 15) is 14.7 Å². The molecule has 0 aliphatic heterocycles. The van der Waals surface area contributed by atoms with Gasteiger partial charge in [0.05, 0.1) is 23.5 Å². The molecule has 1 heterocycles. The summed E-state index contributed by atoms with van der Waals surface area (Å²) in [5.74, 6) is -1.30. The van der Waals surface area contributed by atoms with E-state index in [1.54, 1.807) is 39.3 Å². The van der Waals surface area contributed by atoms with Crippen molar-refractivity contribution in [3.05, 3.63) is 18.2 Å². The highest BCUT2D eigenvalue weighted by atomic mass is 16.4. The van der Waals surface area contributed by atoms with E-state index in [-0.39, 0.29) is 5.91 Å². The van der Waals surface area contributed by atoms with Crippen LogP contribution in [0.1, 0.15) is 38.2 Å². The van der Waals surface area contributed by atoms with E-state index in [1.165, 1.54) is 12.5 Å². The topological polar surface area (TPSA) is 84.2 Å². The van der Waals surface area contributed by atoms with Crippen LogP contribution in [-0.2, 0) is 11.8 Å². The van der Waals surface area contributed by atoms with Gasteiger partial charge >= 0.3 is 5.97 Å². The number of hydrogen-bond acceptors (Lipinski definition) is 3. The van der Waals surface area contributed by atoms with Gasteiger partial charge in [-0.15, -0.1) is 0 Å². The number of aliphatic carboxylic acids is 1. The smallest absolute Gasteiger partial charge is 0.311 e. The summed E-state index contributed by atoms with van der Waals surface area (Å²) in [7, 11) is 1.71. The number of nitrogens with one attached hydrogen (secondary N) is 1. The number of hydrogen-bond donors (Lipinski definition) is 2. The number of carbonyl (C=O) groups excluding carboxylic acids is 1. The predicted octanol–water partition coefficient (Wildman–Crippen LogP) is 1.04. The van der Waals surface area contributed by atoms with Gasteiger partial charge in [-0.2, -0.15) is 0 Å². The number of carboxylic acid groups (broad SMARTS) is 1. The molecule has 0 spiro atoms. The molecule has 2 N–H and O–H groups in total. The molecule has 1 rings (SSSR count). The second kappa shape index (κ2) is 4.44. The normalized spacial score (nSPS) is 12.3. The molecule has 0 aliphatic carbocycles. The van der Waals surface area contributed by atoms with Crippen LogP contribution in [0.3, 0.4) is 0 Å². The minimum atomic E-state index is -1.08. The monoisotopic (exact) mass is 253 g/mol. The first-order valence-corrected chi connectivity index (χ1v) is 5.62. The Kier molecular flexibility index (Phi) is 3.50. The van der Waals surface area contributed by atoms with E-state index in [1.807, 2.05) is 0 Å². The lowest BCUT2D eigenvalue weighted by Crippen LogP contribution is -2.57. The molecule has 6 nitrogen and oxygen atoms in total. The summed E-state index contributed by atoms with van der Waals surface area (Å²) in [6.07, 6.45) is 2.96. The Labute approximate surface area is 106 Å². The van der Waals surface area contributed by atoms with Crippen molar-refractivity contribution in [1.82, 2.24) is 14.9 Å². The third kappa shape index (κ3) is 2.37. The summed E-state index contributed by atoms with van der Waals surface area (Å²) in [4.78, 5) is 27.1. The van der Waals surface area contributed by atoms with Gasteiger partial charge in [-0.1, -0.05) is 0 Å². The van der Waals surface area contributed by atoms with Crippen LogP contribution < -0.4 is 5.32 Å². The molecule has 0 saturated carbocycles. The zero-order valence-electron chi connectivity index (χ0n) is 11.3. The van der Waals surface area contributed by atoms with Crippen molar-refractivity contribution in [3.8, 4) is 0 Å². The lowest BCUT2D eigenvalue weighted by molar-refractivity contribution is -0.150. The summed E-state index contributed by atoms with van der Waals surface area (Å²) in [5.41, 5.74) is -1.58. The van der Waals surface area contributed by atoms with Crippen LogP contribution in [0.4, 0.5) is 0 Å². The summed E-state index contributed by atoms with van der Waals surface area (Å²) in [6, 6.07) is 0. The van der Waals surface area contributed by atoms with Crippen LogP contribution in [0.25, 0.3) is 0 Å². The first kappa shape index (κ1) is 14.2. The van der Waals surface area contributed by atoms with Gasteiger partial charge in [-0.05, 0) is 27.7 Å². The SMILES string of the molecule is Cn1cncc1C(=O)NC(C)(C)C(C)(C)C(=O)O. The van der Waals surface area contributed by atoms with Crippen LogP contribution in [0.5, 0.6) is 0 Å². The maximum Gasteiger partial charge on any atom is 0.311 e. The molecule has 0 aromatic carbocycles. The lowest BCUT2D eigenvalue weighted by Gasteiger charge is -2.38. The first-order chi connectivity index (χ1) is 8.09. The zero-order chi connectivity index (χ0) is 14.1. The third-order valence-corrected chi connectivity index (χ3v) is 3.57. The van der Waals surface area contributed by atoms with E-state index in [4.69, 9.17) is 0 Å². The highest BCUT2D eigenvalue weighted by Gasteiger charge is 2.44. The van der Waals surface area contributed by atoms with Crippen molar-refractivity contribution >= 4 is 11.9 Å². The number of aromatic nitrogens is 2. The van der Waals surface area contributed by atoms with Crippen molar-refractivity contribution in [1.29, 1.82) is 0 Å². The van der Waals surface area contributed by atoms with Gasteiger partial charge < -0.3 is 15.0 Å². The Bertz CT molecular complexity index is 475. The van der Waals surface area contributed by atoms with Gasteiger partial charge in [0.1, 0.15) is 5.69 Å². The molecule has 0 fully saturated rings. The van der Waals surface area contributed by atoms with E-state index in [2.05, 4.69) is 10.3 Å². The molecule has 0 unspecified atom stereocenters. The molecule has 1 aromatic rings. The van der Waals surface area contributed by atoms with Crippen molar-refractivity contribution < 1.29 is 14.7 Å². The molecular weight excluding hydrogens is 234 g/mol. The van der Waals surface area contributed by atoms with E-state index >= 15 is 0 Å². The molecule has 1 amide bonds. The Hall–Kier alpha value is -1.85. The number of amides is 1. The fraction of sp³-hybridized carbons (Fsp3) is 0.583. The standard InChI is InChI=1S/C12H19N3O3/c1-11(2,10(17)18)12(3,4)14-9(16)8-6-13-7-15(8)5/h6-7H,1-5H3,(H,14,16)(H,17,18). The Morgan fingerprint density at radius 2 is 1.89 bits per heavy atom. The number of aryl methyl sites for hydroxylation is 1. The molecular formula is C12H19N3O3. The zero-order valence-corrected chi connectivity index (χ0v) is 11.3. The van der Waals surface area contributed by atoms with Gasteiger partial charge in [-0.25, -0.2) is 4.98 Å². The molecule has 1 aromatic heterocycles. The second-order valence-corrected chi connectivity index (χ2v) is 5.40. The summed E-state index contributed by atoms with van der Waals surface area (Å²) in [5, 5.41) is 11.9. The molecule has 0 atom stereocenters. The highest BCUT2D eigenvalue weighted by molar-refractivity contribution is 5.93. The lowest BCUT2D eigenvalue weighted by atomic mass is 9.74. The number of nitrogens with zero attached hydrogens (tertiary/aromatic N) is 2. The number of imidazole rings is 1. The fourth-order valence-electron chi connectivity index (χ4n) is 1.35. The van der Waals surface area contributed by atoms with Crippen LogP contribution >= 0.6 is 0 Å². The Balaban J connectivity index is 2.94. The van der Waals surface area contributed by atoms with Crippen LogP contribution in [0.15, 0.2) is 12.5 Å². The fourth-order valence-corrected chi connectivity index (χ4v) is 1.35. The molecule has 0 saturated heterocycles. The van der Waals surface area contributed by atoms with Crippen LogP contribution in [-0.4, -0.2) is 32.1 Å². The average Bonchev–Trinajstić information content (AvgIpc) is 2.63. The van der Waals surface area contributed by atoms with Gasteiger partial charge in [0, 0.05) is 7.05 Å². The predicted molar refractivity (Wildman–Crippen MR) is 66.2 cm³/mol. The van der Waals surface area contributed by atoms with Crippen molar-refractivity contribution in [2.45, 2.75) is 33.2 Å². The third-order valence-electron chi connectivity index (χ3n) is 3.57. The largest absolute Gasteiger partial charge is 0.481 e. The van der Waals surface area contributed by atoms with E-state index in [0.29, 0.717) is 5.69 Å². The quantitative estimate of drug-likeness (QED) is 0.839. The maximum absolute atomic E-state index is 12.0. The van der Waals surface area contributed by atoms with E-state index in [0.717, 1.165) is 0 Å². The molecule has 0 bridgehead atoms. The maximum atomic E-state index is 12.0. The van der Waals surface area contributed by atoms with Gasteiger partial charge in [0.15, 0.2) is 0 Å². The summed E-state index contributed by atoms with van der Waals surface area (Å²) < 4.78 is 1.58. The van der Waals surface area contributed by atoms with Crippen molar-refractivity contribution in [3.63, 3.8) is 0 Å². The Morgan fingerprint density at radius 3 is 2.28 bits per heavy atom.